The fourth-order valence-corrected chi connectivity index (χ4v) is 3.29. The van der Waals surface area contributed by atoms with Crippen LogP contribution in [0.3, 0.4) is 0 Å². The first-order valence-electron chi connectivity index (χ1n) is 6.22. The maximum atomic E-state index is 12.0. The molecule has 0 fully saturated rings. The minimum absolute atomic E-state index is 0.00848. The molecule has 7 nitrogen and oxygen atoms in total. The number of sulfonamides is 1. The van der Waals surface area contributed by atoms with Crippen molar-refractivity contribution >= 4 is 44.0 Å². The number of halogens is 1. The third kappa shape index (κ3) is 4.73. The van der Waals surface area contributed by atoms with Crippen LogP contribution in [0.4, 0.5) is 5.13 Å². The van der Waals surface area contributed by atoms with Crippen LogP contribution in [0.15, 0.2) is 29.2 Å². The minimum Gasteiger partial charge on any atom is -0.300 e. The molecule has 0 unspecified atom stereocenters. The second-order valence-corrected chi connectivity index (χ2v) is 7.66. The number of aromatic nitrogens is 2. The number of rotatable bonds is 6. The molecule has 0 aliphatic heterocycles. The number of nitrogens with zero attached hydrogens (tertiary/aromatic N) is 2. The van der Waals surface area contributed by atoms with Crippen LogP contribution < -0.4 is 10.0 Å². The van der Waals surface area contributed by atoms with E-state index in [9.17, 15) is 13.2 Å². The Morgan fingerprint density at radius 2 is 1.95 bits per heavy atom. The van der Waals surface area contributed by atoms with E-state index in [1.54, 1.807) is 6.92 Å². The summed E-state index contributed by atoms with van der Waals surface area (Å²) in [6.07, 6.45) is -0.00848. The summed E-state index contributed by atoms with van der Waals surface area (Å²) in [5.74, 6) is -0.338. The van der Waals surface area contributed by atoms with Crippen molar-refractivity contribution < 1.29 is 13.2 Å². The molecule has 0 saturated carbocycles. The summed E-state index contributed by atoms with van der Waals surface area (Å²) >= 11 is 6.96. The molecule has 10 heteroatoms. The lowest BCUT2D eigenvalue weighted by molar-refractivity contribution is -0.116. The van der Waals surface area contributed by atoms with Crippen LogP contribution in [0, 0.1) is 6.92 Å². The average molecular weight is 361 g/mol. The van der Waals surface area contributed by atoms with Crippen molar-refractivity contribution in [2.45, 2.75) is 18.2 Å². The van der Waals surface area contributed by atoms with Crippen LogP contribution in [0.25, 0.3) is 0 Å². The number of hydrogen-bond donors (Lipinski definition) is 2. The molecule has 0 spiro atoms. The van der Waals surface area contributed by atoms with E-state index in [4.69, 9.17) is 11.6 Å². The first-order valence-corrected chi connectivity index (χ1v) is 8.90. The van der Waals surface area contributed by atoms with Crippen molar-refractivity contribution in [3.05, 3.63) is 34.3 Å². The molecule has 0 aliphatic rings. The molecule has 22 heavy (non-hydrogen) atoms. The van der Waals surface area contributed by atoms with Crippen molar-refractivity contribution in [1.82, 2.24) is 14.9 Å². The SMILES string of the molecule is Cc1nnc(NC(=O)CCNS(=O)(=O)c2ccc(Cl)cc2)s1. The topological polar surface area (TPSA) is 101 Å². The van der Waals surface area contributed by atoms with Crippen LogP contribution in [-0.2, 0) is 14.8 Å². The Balaban J connectivity index is 1.84. The molecule has 1 amide bonds. The van der Waals surface area contributed by atoms with Crippen molar-refractivity contribution in [1.29, 1.82) is 0 Å². The average Bonchev–Trinajstić information content (AvgIpc) is 2.84. The van der Waals surface area contributed by atoms with Gasteiger partial charge in [0.05, 0.1) is 4.90 Å². The predicted molar refractivity (Wildman–Crippen MR) is 84.5 cm³/mol. The van der Waals surface area contributed by atoms with Gasteiger partial charge in [-0.15, -0.1) is 10.2 Å². The van der Waals surface area contributed by atoms with E-state index in [2.05, 4.69) is 20.2 Å². The van der Waals surface area contributed by atoms with Gasteiger partial charge in [0, 0.05) is 18.0 Å². The summed E-state index contributed by atoms with van der Waals surface area (Å²) in [6.45, 7) is 1.75. The number of benzene rings is 1. The Hall–Kier alpha value is -1.55. The molecule has 0 saturated heterocycles. The highest BCUT2D eigenvalue weighted by Gasteiger charge is 2.14. The molecule has 1 aromatic carbocycles. The summed E-state index contributed by atoms with van der Waals surface area (Å²) in [5.41, 5.74) is 0. The molecule has 0 aliphatic carbocycles. The van der Waals surface area contributed by atoms with Gasteiger partial charge in [0.2, 0.25) is 21.1 Å². The number of anilines is 1. The van der Waals surface area contributed by atoms with Gasteiger partial charge in [-0.1, -0.05) is 22.9 Å². The number of aryl methyl sites for hydroxylation is 1. The third-order valence-electron chi connectivity index (χ3n) is 2.54. The highest BCUT2D eigenvalue weighted by Crippen LogP contribution is 2.15. The summed E-state index contributed by atoms with van der Waals surface area (Å²) < 4.78 is 26.3. The van der Waals surface area contributed by atoms with Gasteiger partial charge in [0.15, 0.2) is 0 Å². The van der Waals surface area contributed by atoms with Gasteiger partial charge in [-0.05, 0) is 31.2 Å². The molecular formula is C12H13ClN4O3S2. The van der Waals surface area contributed by atoms with E-state index in [-0.39, 0.29) is 23.8 Å². The first kappa shape index (κ1) is 16.8. The largest absolute Gasteiger partial charge is 0.300 e. The van der Waals surface area contributed by atoms with E-state index in [1.807, 2.05) is 0 Å². The Morgan fingerprint density at radius 1 is 1.27 bits per heavy atom. The van der Waals surface area contributed by atoms with Gasteiger partial charge in [-0.25, -0.2) is 13.1 Å². The second-order valence-electron chi connectivity index (χ2n) is 4.28. The lowest BCUT2D eigenvalue weighted by Gasteiger charge is -2.06. The van der Waals surface area contributed by atoms with Crippen LogP contribution in [0.5, 0.6) is 0 Å². The third-order valence-corrected chi connectivity index (χ3v) is 5.02. The number of nitrogens with one attached hydrogen (secondary N) is 2. The van der Waals surface area contributed by atoms with Gasteiger partial charge in [-0.3, -0.25) is 4.79 Å². The van der Waals surface area contributed by atoms with Gasteiger partial charge in [0.25, 0.3) is 0 Å². The molecule has 2 rings (SSSR count). The second kappa shape index (κ2) is 7.14. The predicted octanol–water partition coefficient (Wildman–Crippen LogP) is 1.81. The van der Waals surface area contributed by atoms with Crippen LogP contribution in [0.1, 0.15) is 11.4 Å². The van der Waals surface area contributed by atoms with Crippen LogP contribution in [0.2, 0.25) is 5.02 Å². The Bertz CT molecular complexity index is 759. The summed E-state index contributed by atoms with van der Waals surface area (Å²) in [5, 5.41) is 11.6. The maximum Gasteiger partial charge on any atom is 0.240 e. The molecule has 0 atom stereocenters. The van der Waals surface area contributed by atoms with E-state index in [0.717, 1.165) is 5.01 Å². The Labute approximate surface area is 136 Å². The molecule has 0 bridgehead atoms. The van der Waals surface area contributed by atoms with Gasteiger partial charge in [-0.2, -0.15) is 0 Å². The van der Waals surface area contributed by atoms with Crippen molar-refractivity contribution in [2.24, 2.45) is 0 Å². The Morgan fingerprint density at radius 3 is 2.55 bits per heavy atom. The zero-order valence-corrected chi connectivity index (χ0v) is 13.9. The molecule has 1 heterocycles. The molecule has 118 valence electrons. The van der Waals surface area contributed by atoms with E-state index < -0.39 is 10.0 Å². The fourth-order valence-electron chi connectivity index (χ4n) is 1.52. The van der Waals surface area contributed by atoms with E-state index in [0.29, 0.717) is 10.2 Å². The Kier molecular flexibility index (Phi) is 5.46. The van der Waals surface area contributed by atoms with E-state index in [1.165, 1.54) is 35.6 Å². The smallest absolute Gasteiger partial charge is 0.240 e. The number of carbonyl (C=O) groups excluding carboxylic acids is 1. The van der Waals surface area contributed by atoms with Gasteiger partial charge in [0.1, 0.15) is 5.01 Å². The van der Waals surface area contributed by atoms with E-state index >= 15 is 0 Å². The number of carbonyl (C=O) groups is 1. The standard InChI is InChI=1S/C12H13ClN4O3S2/c1-8-16-17-12(21-8)15-11(18)6-7-14-22(19,20)10-4-2-9(13)3-5-10/h2-5,14H,6-7H2,1H3,(H,15,17,18). The van der Waals surface area contributed by atoms with Gasteiger partial charge >= 0.3 is 0 Å². The zero-order chi connectivity index (χ0) is 16.2. The summed E-state index contributed by atoms with van der Waals surface area (Å²) in [4.78, 5) is 11.8. The number of hydrogen-bond acceptors (Lipinski definition) is 6. The summed E-state index contributed by atoms with van der Waals surface area (Å²) in [7, 11) is -3.66. The molecule has 2 N–H and O–H groups in total. The number of amides is 1. The van der Waals surface area contributed by atoms with Crippen molar-refractivity contribution in [3.8, 4) is 0 Å². The lowest BCUT2D eigenvalue weighted by Crippen LogP contribution is -2.27. The molecule has 1 aromatic heterocycles. The maximum absolute atomic E-state index is 12.0. The summed E-state index contributed by atoms with van der Waals surface area (Å²) in [6, 6.07) is 5.77. The first-order chi connectivity index (χ1) is 10.4. The lowest BCUT2D eigenvalue weighted by atomic mass is 10.4. The normalized spacial score (nSPS) is 11.4. The van der Waals surface area contributed by atoms with Crippen LogP contribution >= 0.6 is 22.9 Å². The van der Waals surface area contributed by atoms with Crippen molar-refractivity contribution in [3.63, 3.8) is 0 Å². The highest BCUT2D eigenvalue weighted by atomic mass is 35.5. The molecule has 2 aromatic rings. The quantitative estimate of drug-likeness (QED) is 0.818. The molecular weight excluding hydrogens is 348 g/mol. The monoisotopic (exact) mass is 360 g/mol. The van der Waals surface area contributed by atoms with Gasteiger partial charge < -0.3 is 5.32 Å². The fraction of sp³-hybridized carbons (Fsp3) is 0.250. The minimum atomic E-state index is -3.66. The molecule has 0 radical (unpaired) electrons. The zero-order valence-electron chi connectivity index (χ0n) is 11.5. The highest BCUT2D eigenvalue weighted by molar-refractivity contribution is 7.89. The van der Waals surface area contributed by atoms with Crippen LogP contribution in [-0.4, -0.2) is 31.1 Å². The van der Waals surface area contributed by atoms with Crippen molar-refractivity contribution in [2.75, 3.05) is 11.9 Å².